The smallest absolute Gasteiger partial charge is 0.101 e. The van der Waals surface area contributed by atoms with E-state index in [1.807, 2.05) is 6.07 Å². The van der Waals surface area contributed by atoms with Crippen molar-refractivity contribution < 1.29 is 5.11 Å². The molecule has 1 fully saturated rings. The van der Waals surface area contributed by atoms with Gasteiger partial charge in [0.05, 0.1) is 11.2 Å². The Hall–Kier alpha value is -1.73. The van der Waals surface area contributed by atoms with Crippen LogP contribution in [0.5, 0.6) is 0 Å². The highest BCUT2D eigenvalue weighted by atomic mass is 16.3. The molecule has 0 aromatic heterocycles. The van der Waals surface area contributed by atoms with Crippen molar-refractivity contribution in [1.29, 1.82) is 5.26 Å². The zero-order chi connectivity index (χ0) is 14.6. The molecule has 1 aromatic carbocycles. The number of hydrogen-bond acceptors (Lipinski definition) is 4. The summed E-state index contributed by atoms with van der Waals surface area (Å²) in [6.07, 6.45) is 5.09. The van der Waals surface area contributed by atoms with Crippen LogP contribution in [0, 0.1) is 17.2 Å². The predicted octanol–water partition coefficient (Wildman–Crippen LogP) is 2.88. The van der Waals surface area contributed by atoms with Gasteiger partial charge in [0.2, 0.25) is 0 Å². The average Bonchev–Trinajstić information content (AvgIpc) is 2.47. The summed E-state index contributed by atoms with van der Waals surface area (Å²) in [5.74, 6) is 0.761. The fourth-order valence-electron chi connectivity index (χ4n) is 2.83. The van der Waals surface area contributed by atoms with Crippen molar-refractivity contribution in [2.75, 3.05) is 17.6 Å². The number of benzene rings is 1. The molecule has 0 heterocycles. The first-order chi connectivity index (χ1) is 9.56. The van der Waals surface area contributed by atoms with Gasteiger partial charge < -0.3 is 16.2 Å². The van der Waals surface area contributed by atoms with Gasteiger partial charge in [-0.2, -0.15) is 5.26 Å². The number of nitrogens with zero attached hydrogens (tertiary/aromatic N) is 1. The maximum absolute atomic E-state index is 10.6. The molecule has 1 aliphatic rings. The first-order valence-electron chi connectivity index (χ1n) is 7.32. The first-order valence-corrected chi connectivity index (χ1v) is 7.32. The fourth-order valence-corrected chi connectivity index (χ4v) is 2.83. The summed E-state index contributed by atoms with van der Waals surface area (Å²) in [5, 5.41) is 22.8. The molecular formula is C16H23N3O. The van der Waals surface area contributed by atoms with E-state index >= 15 is 0 Å². The number of nitriles is 1. The quantitative estimate of drug-likeness (QED) is 0.737. The van der Waals surface area contributed by atoms with E-state index in [1.165, 1.54) is 6.42 Å². The summed E-state index contributed by atoms with van der Waals surface area (Å²) in [7, 11) is 0. The minimum Gasteiger partial charge on any atom is -0.398 e. The maximum Gasteiger partial charge on any atom is 0.101 e. The van der Waals surface area contributed by atoms with Crippen molar-refractivity contribution >= 4 is 11.4 Å². The molecule has 4 N–H and O–H groups in total. The molecule has 108 valence electrons. The number of anilines is 2. The van der Waals surface area contributed by atoms with E-state index in [1.54, 1.807) is 12.1 Å². The Balaban J connectivity index is 1.94. The third-order valence-corrected chi connectivity index (χ3v) is 4.41. The van der Waals surface area contributed by atoms with Crippen LogP contribution in [-0.2, 0) is 0 Å². The number of nitrogens with two attached hydrogens (primary N) is 1. The molecule has 2 rings (SSSR count). The monoisotopic (exact) mass is 273 g/mol. The van der Waals surface area contributed by atoms with E-state index in [0.29, 0.717) is 17.8 Å². The SMILES string of the molecule is CCC1CCC(O)(CNc2ccc(N)c(C#N)c2)CC1. The number of rotatable bonds is 4. The molecule has 1 saturated carbocycles. The molecule has 1 aromatic rings. The Morgan fingerprint density at radius 1 is 1.45 bits per heavy atom. The van der Waals surface area contributed by atoms with Crippen LogP contribution >= 0.6 is 0 Å². The van der Waals surface area contributed by atoms with Crippen molar-refractivity contribution in [1.82, 2.24) is 0 Å². The Bertz CT molecular complexity index is 499. The number of nitrogen functional groups attached to an aromatic ring is 1. The largest absolute Gasteiger partial charge is 0.398 e. The van der Waals surface area contributed by atoms with Crippen molar-refractivity contribution in [3.63, 3.8) is 0 Å². The van der Waals surface area contributed by atoms with E-state index in [-0.39, 0.29) is 0 Å². The van der Waals surface area contributed by atoms with E-state index in [4.69, 9.17) is 11.0 Å². The van der Waals surface area contributed by atoms with Gasteiger partial charge in [-0.1, -0.05) is 13.3 Å². The summed E-state index contributed by atoms with van der Waals surface area (Å²) in [4.78, 5) is 0. The van der Waals surface area contributed by atoms with Gasteiger partial charge in [-0.05, 0) is 49.8 Å². The minimum atomic E-state index is -0.625. The topological polar surface area (TPSA) is 82.1 Å². The molecule has 0 spiro atoms. The van der Waals surface area contributed by atoms with E-state index in [0.717, 1.165) is 37.3 Å². The van der Waals surface area contributed by atoms with Crippen LogP contribution in [0.4, 0.5) is 11.4 Å². The molecular weight excluding hydrogens is 250 g/mol. The normalized spacial score (nSPS) is 25.9. The molecule has 0 unspecified atom stereocenters. The Morgan fingerprint density at radius 2 is 2.15 bits per heavy atom. The van der Waals surface area contributed by atoms with Crippen LogP contribution < -0.4 is 11.1 Å². The first kappa shape index (κ1) is 14.7. The summed E-state index contributed by atoms with van der Waals surface area (Å²) >= 11 is 0. The number of nitrogens with one attached hydrogen (secondary N) is 1. The van der Waals surface area contributed by atoms with Crippen LogP contribution in [0.3, 0.4) is 0 Å². The molecule has 4 heteroatoms. The molecule has 0 amide bonds. The van der Waals surface area contributed by atoms with Crippen molar-refractivity contribution in [2.45, 2.75) is 44.6 Å². The van der Waals surface area contributed by atoms with Gasteiger partial charge in [0.15, 0.2) is 0 Å². The highest BCUT2D eigenvalue weighted by Crippen LogP contribution is 2.33. The number of aliphatic hydroxyl groups is 1. The van der Waals surface area contributed by atoms with E-state index < -0.39 is 5.60 Å². The van der Waals surface area contributed by atoms with Crippen molar-refractivity contribution in [3.05, 3.63) is 23.8 Å². The second kappa shape index (κ2) is 6.15. The van der Waals surface area contributed by atoms with Crippen LogP contribution in [0.2, 0.25) is 0 Å². The van der Waals surface area contributed by atoms with Crippen LogP contribution in [-0.4, -0.2) is 17.3 Å². The molecule has 0 saturated heterocycles. The van der Waals surface area contributed by atoms with Crippen LogP contribution in [0.15, 0.2) is 18.2 Å². The lowest BCUT2D eigenvalue weighted by atomic mass is 9.78. The third kappa shape index (κ3) is 3.43. The maximum atomic E-state index is 10.6. The molecule has 4 nitrogen and oxygen atoms in total. The van der Waals surface area contributed by atoms with E-state index in [9.17, 15) is 5.11 Å². The lowest BCUT2D eigenvalue weighted by Crippen LogP contribution is -2.40. The second-order valence-corrected chi connectivity index (χ2v) is 5.84. The lowest BCUT2D eigenvalue weighted by Gasteiger charge is -2.36. The number of hydrogen-bond donors (Lipinski definition) is 3. The summed E-state index contributed by atoms with van der Waals surface area (Å²) in [5.41, 5.74) is 6.86. The van der Waals surface area contributed by atoms with Gasteiger partial charge in [0, 0.05) is 17.9 Å². The van der Waals surface area contributed by atoms with Crippen LogP contribution in [0.25, 0.3) is 0 Å². The summed E-state index contributed by atoms with van der Waals surface area (Å²) in [6.45, 7) is 2.74. The predicted molar refractivity (Wildman–Crippen MR) is 81.3 cm³/mol. The molecule has 1 aliphatic carbocycles. The zero-order valence-electron chi connectivity index (χ0n) is 12.0. The standard InChI is InChI=1S/C16H23N3O/c1-2-12-5-7-16(20,8-6-12)11-19-14-3-4-15(18)13(9-14)10-17/h3-4,9,12,19-20H,2,5-8,11,18H2,1H3. The highest BCUT2D eigenvalue weighted by Gasteiger charge is 2.32. The van der Waals surface area contributed by atoms with E-state index in [2.05, 4.69) is 18.3 Å². The van der Waals surface area contributed by atoms with Gasteiger partial charge in [-0.3, -0.25) is 0 Å². The van der Waals surface area contributed by atoms with Gasteiger partial charge in [-0.25, -0.2) is 0 Å². The van der Waals surface area contributed by atoms with Gasteiger partial charge >= 0.3 is 0 Å². The average molecular weight is 273 g/mol. The Labute approximate surface area is 120 Å². The summed E-state index contributed by atoms with van der Waals surface area (Å²) in [6, 6.07) is 7.37. The molecule has 0 atom stereocenters. The zero-order valence-corrected chi connectivity index (χ0v) is 12.0. The Morgan fingerprint density at radius 3 is 2.75 bits per heavy atom. The van der Waals surface area contributed by atoms with Gasteiger partial charge in [0.1, 0.15) is 6.07 Å². The van der Waals surface area contributed by atoms with Gasteiger partial charge in [-0.15, -0.1) is 0 Å². The minimum absolute atomic E-state index is 0.469. The van der Waals surface area contributed by atoms with Gasteiger partial charge in [0.25, 0.3) is 0 Å². The Kier molecular flexibility index (Phi) is 4.51. The molecule has 0 radical (unpaired) electrons. The molecule has 0 bridgehead atoms. The summed E-state index contributed by atoms with van der Waals surface area (Å²) < 4.78 is 0. The third-order valence-electron chi connectivity index (χ3n) is 4.41. The lowest BCUT2D eigenvalue weighted by molar-refractivity contribution is 0.00229. The second-order valence-electron chi connectivity index (χ2n) is 5.84. The highest BCUT2D eigenvalue weighted by molar-refractivity contribution is 5.61. The van der Waals surface area contributed by atoms with Crippen molar-refractivity contribution in [3.8, 4) is 6.07 Å². The molecule has 20 heavy (non-hydrogen) atoms. The fraction of sp³-hybridized carbons (Fsp3) is 0.562. The molecule has 0 aliphatic heterocycles. The van der Waals surface area contributed by atoms with Crippen molar-refractivity contribution in [2.24, 2.45) is 5.92 Å². The van der Waals surface area contributed by atoms with Crippen LogP contribution in [0.1, 0.15) is 44.6 Å².